The molecule has 1 saturated heterocycles. The molecule has 156 valence electrons. The number of nitrogens with zero attached hydrogens (tertiary/aromatic N) is 5. The van der Waals surface area contributed by atoms with Gasteiger partial charge in [0.2, 0.25) is 0 Å². The number of nitrogens with one attached hydrogen (secondary N) is 2. The van der Waals surface area contributed by atoms with Gasteiger partial charge in [0.15, 0.2) is 11.5 Å². The van der Waals surface area contributed by atoms with Crippen molar-refractivity contribution in [3.63, 3.8) is 0 Å². The Labute approximate surface area is 179 Å². The number of benzene rings is 2. The Morgan fingerprint density at radius 2 is 1.71 bits per heavy atom. The van der Waals surface area contributed by atoms with E-state index in [0.29, 0.717) is 18.0 Å². The van der Waals surface area contributed by atoms with Gasteiger partial charge < -0.3 is 15.5 Å². The molecule has 2 N–H and O–H groups in total. The molecule has 2 aromatic heterocycles. The van der Waals surface area contributed by atoms with Gasteiger partial charge in [-0.2, -0.15) is 4.52 Å². The van der Waals surface area contributed by atoms with E-state index >= 15 is 0 Å². The molecule has 3 heterocycles. The molecule has 0 spiro atoms. The first-order chi connectivity index (χ1) is 15.3. The van der Waals surface area contributed by atoms with Crippen molar-refractivity contribution in [1.29, 1.82) is 0 Å². The Hall–Kier alpha value is -3.94. The third-order valence-corrected chi connectivity index (χ3v) is 5.39. The zero-order chi connectivity index (χ0) is 21.0. The highest BCUT2D eigenvalue weighted by molar-refractivity contribution is 5.89. The number of amides is 2. The second-order valence-corrected chi connectivity index (χ2v) is 7.60. The SMILES string of the molecule is O=C(Nc1ccccc1)NC1CCCN(c2ccc3nnc(-c4ccccc4)n3n2)C1. The lowest BCUT2D eigenvalue weighted by molar-refractivity contribution is 0.246. The predicted molar refractivity (Wildman–Crippen MR) is 120 cm³/mol. The van der Waals surface area contributed by atoms with Crippen molar-refractivity contribution in [3.05, 3.63) is 72.8 Å². The maximum atomic E-state index is 12.4. The van der Waals surface area contributed by atoms with Crippen LogP contribution in [0.4, 0.5) is 16.3 Å². The number of rotatable bonds is 4. The van der Waals surface area contributed by atoms with E-state index < -0.39 is 0 Å². The van der Waals surface area contributed by atoms with Crippen LogP contribution in [0, 0.1) is 0 Å². The molecule has 31 heavy (non-hydrogen) atoms. The lowest BCUT2D eigenvalue weighted by Gasteiger charge is -2.33. The van der Waals surface area contributed by atoms with Gasteiger partial charge in [0, 0.05) is 30.4 Å². The summed E-state index contributed by atoms with van der Waals surface area (Å²) in [5, 5.41) is 19.3. The fraction of sp³-hybridized carbons (Fsp3) is 0.217. The normalized spacial score (nSPS) is 16.3. The van der Waals surface area contributed by atoms with Gasteiger partial charge in [-0.3, -0.25) is 0 Å². The molecule has 0 radical (unpaired) electrons. The smallest absolute Gasteiger partial charge is 0.319 e. The van der Waals surface area contributed by atoms with E-state index in [1.165, 1.54) is 0 Å². The molecule has 0 aliphatic carbocycles. The van der Waals surface area contributed by atoms with Gasteiger partial charge in [-0.25, -0.2) is 4.79 Å². The molecular formula is C23H23N7O. The van der Waals surface area contributed by atoms with Crippen molar-refractivity contribution < 1.29 is 4.79 Å². The van der Waals surface area contributed by atoms with E-state index in [0.717, 1.165) is 36.5 Å². The molecule has 1 fully saturated rings. The second-order valence-electron chi connectivity index (χ2n) is 7.60. The van der Waals surface area contributed by atoms with Crippen molar-refractivity contribution in [2.24, 2.45) is 0 Å². The third-order valence-electron chi connectivity index (χ3n) is 5.39. The largest absolute Gasteiger partial charge is 0.353 e. The number of anilines is 2. The van der Waals surface area contributed by atoms with Crippen LogP contribution in [0.15, 0.2) is 72.8 Å². The first-order valence-electron chi connectivity index (χ1n) is 10.4. The fourth-order valence-electron chi connectivity index (χ4n) is 3.89. The first-order valence-corrected chi connectivity index (χ1v) is 10.4. The molecule has 8 heteroatoms. The molecule has 5 rings (SSSR count). The molecular weight excluding hydrogens is 390 g/mol. The van der Waals surface area contributed by atoms with Crippen LogP contribution in [0.2, 0.25) is 0 Å². The topological polar surface area (TPSA) is 87.5 Å². The van der Waals surface area contributed by atoms with Gasteiger partial charge in [0.25, 0.3) is 0 Å². The highest BCUT2D eigenvalue weighted by atomic mass is 16.2. The van der Waals surface area contributed by atoms with Gasteiger partial charge in [-0.05, 0) is 37.1 Å². The number of urea groups is 1. The van der Waals surface area contributed by atoms with Gasteiger partial charge in [-0.1, -0.05) is 48.5 Å². The molecule has 1 unspecified atom stereocenters. The molecule has 0 bridgehead atoms. The van der Waals surface area contributed by atoms with Gasteiger partial charge in [0.05, 0.1) is 0 Å². The minimum Gasteiger partial charge on any atom is -0.353 e. The van der Waals surface area contributed by atoms with Crippen LogP contribution in [-0.4, -0.2) is 45.0 Å². The summed E-state index contributed by atoms with van der Waals surface area (Å²) in [5.41, 5.74) is 2.45. The summed E-state index contributed by atoms with van der Waals surface area (Å²) in [4.78, 5) is 14.6. The number of aromatic nitrogens is 4. The first kappa shape index (κ1) is 19.0. The summed E-state index contributed by atoms with van der Waals surface area (Å²) >= 11 is 0. The number of para-hydroxylation sites is 1. The lowest BCUT2D eigenvalue weighted by Crippen LogP contribution is -2.49. The summed E-state index contributed by atoms with van der Waals surface area (Å²) in [6.45, 7) is 1.59. The van der Waals surface area contributed by atoms with Crippen LogP contribution in [-0.2, 0) is 0 Å². The standard InChI is InChI=1S/C23H23N7O/c31-23(24-18-10-5-2-6-11-18)25-19-12-7-15-29(16-19)21-14-13-20-26-27-22(30(20)28-21)17-8-3-1-4-9-17/h1-6,8-11,13-14,19H,7,12,15-16H2,(H2,24,25,31). The van der Waals surface area contributed by atoms with Gasteiger partial charge in [-0.15, -0.1) is 15.3 Å². The maximum absolute atomic E-state index is 12.4. The van der Waals surface area contributed by atoms with E-state index in [2.05, 4.69) is 25.7 Å². The van der Waals surface area contributed by atoms with Crippen LogP contribution in [0.1, 0.15) is 12.8 Å². The van der Waals surface area contributed by atoms with E-state index in [1.807, 2.05) is 72.8 Å². The summed E-state index contributed by atoms with van der Waals surface area (Å²) in [6, 6.07) is 23.1. The Balaban J connectivity index is 1.31. The van der Waals surface area contributed by atoms with Crippen LogP contribution in [0.25, 0.3) is 17.0 Å². The zero-order valence-corrected chi connectivity index (χ0v) is 17.0. The molecule has 1 atom stereocenters. The van der Waals surface area contributed by atoms with E-state index in [1.54, 1.807) is 4.52 Å². The second kappa shape index (κ2) is 8.43. The Bertz CT molecular complexity index is 1180. The maximum Gasteiger partial charge on any atom is 0.319 e. The number of carbonyl (C=O) groups is 1. The molecule has 2 amide bonds. The molecule has 1 aliphatic heterocycles. The van der Waals surface area contributed by atoms with Crippen molar-refractivity contribution in [1.82, 2.24) is 25.1 Å². The summed E-state index contributed by atoms with van der Waals surface area (Å²) in [7, 11) is 0. The van der Waals surface area contributed by atoms with E-state index in [-0.39, 0.29) is 12.1 Å². The molecule has 4 aromatic rings. The Morgan fingerprint density at radius 3 is 2.52 bits per heavy atom. The van der Waals surface area contributed by atoms with Gasteiger partial charge in [0.1, 0.15) is 5.82 Å². The van der Waals surface area contributed by atoms with Crippen LogP contribution < -0.4 is 15.5 Å². The molecule has 0 saturated carbocycles. The molecule has 8 nitrogen and oxygen atoms in total. The van der Waals surface area contributed by atoms with Crippen molar-refractivity contribution >= 4 is 23.2 Å². The minimum atomic E-state index is -0.188. The molecule has 2 aromatic carbocycles. The average molecular weight is 413 g/mol. The quantitative estimate of drug-likeness (QED) is 0.534. The molecule has 1 aliphatic rings. The third kappa shape index (κ3) is 4.18. The monoisotopic (exact) mass is 413 g/mol. The average Bonchev–Trinajstić information content (AvgIpc) is 3.24. The van der Waals surface area contributed by atoms with Gasteiger partial charge >= 0.3 is 6.03 Å². The fourth-order valence-corrected chi connectivity index (χ4v) is 3.89. The van der Waals surface area contributed by atoms with Crippen LogP contribution >= 0.6 is 0 Å². The van der Waals surface area contributed by atoms with Crippen molar-refractivity contribution in [3.8, 4) is 11.4 Å². The van der Waals surface area contributed by atoms with Crippen LogP contribution in [0.5, 0.6) is 0 Å². The van der Waals surface area contributed by atoms with E-state index in [4.69, 9.17) is 5.10 Å². The Kier molecular flexibility index (Phi) is 5.18. The van der Waals surface area contributed by atoms with Crippen molar-refractivity contribution in [2.45, 2.75) is 18.9 Å². The van der Waals surface area contributed by atoms with Crippen LogP contribution in [0.3, 0.4) is 0 Å². The Morgan fingerprint density at radius 1 is 0.935 bits per heavy atom. The van der Waals surface area contributed by atoms with Crippen molar-refractivity contribution in [2.75, 3.05) is 23.3 Å². The summed E-state index contributed by atoms with van der Waals surface area (Å²) in [5.74, 6) is 1.56. The zero-order valence-electron chi connectivity index (χ0n) is 17.0. The summed E-state index contributed by atoms with van der Waals surface area (Å²) in [6.07, 6.45) is 1.91. The lowest BCUT2D eigenvalue weighted by atomic mass is 10.1. The predicted octanol–water partition coefficient (Wildman–Crippen LogP) is 3.58. The number of fused-ring (bicyclic) bond motifs is 1. The number of hydrogen-bond donors (Lipinski definition) is 2. The van der Waals surface area contributed by atoms with E-state index in [9.17, 15) is 4.79 Å². The number of carbonyl (C=O) groups excluding carboxylic acids is 1. The highest BCUT2D eigenvalue weighted by Gasteiger charge is 2.23. The number of hydrogen-bond acceptors (Lipinski definition) is 5. The minimum absolute atomic E-state index is 0.0458. The number of piperidine rings is 1. The highest BCUT2D eigenvalue weighted by Crippen LogP contribution is 2.22. The summed E-state index contributed by atoms with van der Waals surface area (Å²) < 4.78 is 1.78.